The van der Waals surface area contributed by atoms with Crippen LogP contribution in [0.4, 0.5) is 0 Å². The van der Waals surface area contributed by atoms with Crippen molar-refractivity contribution < 1.29 is 9.26 Å². The molecule has 0 unspecified atom stereocenters. The lowest BCUT2D eigenvalue weighted by atomic mass is 10.2. The van der Waals surface area contributed by atoms with Gasteiger partial charge in [0, 0.05) is 50.4 Å². The molecule has 0 saturated heterocycles. The standard InChI is InChI=1S/C14H15N5O2/c1-20-10-12-17-13(21-18-12)4-7-19-8-6-16-14(19)11-3-2-5-15-9-11/h2-3,5-6,8-9H,4,7,10H2,1H3. The normalized spacial score (nSPS) is 10.9. The number of aromatic nitrogens is 5. The van der Waals surface area contributed by atoms with Crippen LogP contribution in [0.15, 0.2) is 41.4 Å². The second-order valence-electron chi connectivity index (χ2n) is 4.47. The quantitative estimate of drug-likeness (QED) is 0.686. The zero-order valence-corrected chi connectivity index (χ0v) is 11.6. The molecule has 7 nitrogen and oxygen atoms in total. The van der Waals surface area contributed by atoms with Gasteiger partial charge in [-0.25, -0.2) is 4.98 Å². The number of hydrogen-bond donors (Lipinski definition) is 0. The SMILES string of the molecule is COCc1noc(CCn2ccnc2-c2cccnc2)n1. The summed E-state index contributed by atoms with van der Waals surface area (Å²) >= 11 is 0. The second-order valence-corrected chi connectivity index (χ2v) is 4.47. The Morgan fingerprint density at radius 2 is 2.29 bits per heavy atom. The minimum Gasteiger partial charge on any atom is -0.377 e. The fourth-order valence-corrected chi connectivity index (χ4v) is 2.04. The van der Waals surface area contributed by atoms with E-state index in [1.54, 1.807) is 25.7 Å². The van der Waals surface area contributed by atoms with E-state index in [1.807, 2.05) is 22.9 Å². The van der Waals surface area contributed by atoms with E-state index in [9.17, 15) is 0 Å². The van der Waals surface area contributed by atoms with Crippen LogP contribution in [0, 0.1) is 0 Å². The van der Waals surface area contributed by atoms with Gasteiger partial charge in [-0.15, -0.1) is 0 Å². The molecule has 0 bridgehead atoms. The van der Waals surface area contributed by atoms with Crippen LogP contribution in [-0.2, 0) is 24.3 Å². The molecule has 3 rings (SSSR count). The third kappa shape index (κ3) is 3.14. The molecule has 3 heterocycles. The van der Waals surface area contributed by atoms with Crippen LogP contribution in [0.2, 0.25) is 0 Å². The molecule has 7 heteroatoms. The minimum atomic E-state index is 0.357. The van der Waals surface area contributed by atoms with Crippen molar-refractivity contribution in [3.63, 3.8) is 0 Å². The maximum atomic E-state index is 5.17. The van der Waals surface area contributed by atoms with E-state index >= 15 is 0 Å². The van der Waals surface area contributed by atoms with Crippen LogP contribution < -0.4 is 0 Å². The number of aryl methyl sites for hydroxylation is 2. The summed E-state index contributed by atoms with van der Waals surface area (Å²) in [6.07, 6.45) is 7.87. The van der Waals surface area contributed by atoms with E-state index in [-0.39, 0.29) is 0 Å². The molecule has 0 aromatic carbocycles. The van der Waals surface area contributed by atoms with Gasteiger partial charge in [0.2, 0.25) is 5.89 Å². The molecule has 3 aromatic heterocycles. The number of pyridine rings is 1. The fraction of sp³-hybridized carbons (Fsp3) is 0.286. The highest BCUT2D eigenvalue weighted by atomic mass is 16.5. The van der Waals surface area contributed by atoms with Crippen LogP contribution in [0.25, 0.3) is 11.4 Å². The van der Waals surface area contributed by atoms with Gasteiger partial charge in [0.05, 0.1) is 0 Å². The summed E-state index contributed by atoms with van der Waals surface area (Å²) in [7, 11) is 1.60. The van der Waals surface area contributed by atoms with Crippen molar-refractivity contribution in [2.75, 3.05) is 7.11 Å². The fourth-order valence-electron chi connectivity index (χ4n) is 2.04. The Kier molecular flexibility index (Phi) is 4.02. The Hall–Kier alpha value is -2.54. The lowest BCUT2D eigenvalue weighted by molar-refractivity contribution is 0.174. The van der Waals surface area contributed by atoms with Crippen LogP contribution in [0.1, 0.15) is 11.7 Å². The van der Waals surface area contributed by atoms with Crippen molar-refractivity contribution in [1.29, 1.82) is 0 Å². The molecule has 21 heavy (non-hydrogen) atoms. The highest BCUT2D eigenvalue weighted by Gasteiger charge is 2.09. The predicted molar refractivity (Wildman–Crippen MR) is 74.2 cm³/mol. The number of rotatable bonds is 6. The Labute approximate surface area is 121 Å². The predicted octanol–water partition coefficient (Wildman–Crippen LogP) is 1.72. The molecule has 108 valence electrons. The molecule has 0 saturated carbocycles. The lowest BCUT2D eigenvalue weighted by Crippen LogP contribution is -2.03. The van der Waals surface area contributed by atoms with E-state index < -0.39 is 0 Å². The Morgan fingerprint density at radius 1 is 1.33 bits per heavy atom. The molecule has 0 N–H and O–H groups in total. The van der Waals surface area contributed by atoms with Gasteiger partial charge < -0.3 is 13.8 Å². The first-order valence-corrected chi connectivity index (χ1v) is 6.59. The van der Waals surface area contributed by atoms with Crippen molar-refractivity contribution >= 4 is 0 Å². The smallest absolute Gasteiger partial charge is 0.228 e. The summed E-state index contributed by atoms with van der Waals surface area (Å²) in [5, 5.41) is 3.84. The topological polar surface area (TPSA) is 78.9 Å². The van der Waals surface area contributed by atoms with Gasteiger partial charge in [-0.3, -0.25) is 4.98 Å². The highest BCUT2D eigenvalue weighted by Crippen LogP contribution is 2.16. The van der Waals surface area contributed by atoms with E-state index in [4.69, 9.17) is 9.26 Å². The molecule has 3 aromatic rings. The summed E-state index contributed by atoms with van der Waals surface area (Å²) in [6, 6.07) is 3.87. The summed E-state index contributed by atoms with van der Waals surface area (Å²) in [5.41, 5.74) is 0.980. The largest absolute Gasteiger partial charge is 0.377 e. The molecule has 0 aliphatic carbocycles. The third-order valence-electron chi connectivity index (χ3n) is 2.99. The summed E-state index contributed by atoms with van der Waals surface area (Å²) in [5.74, 6) is 2.03. The number of ether oxygens (including phenoxy) is 1. The number of nitrogens with zero attached hydrogens (tertiary/aromatic N) is 5. The van der Waals surface area contributed by atoms with Crippen molar-refractivity contribution in [2.45, 2.75) is 19.6 Å². The Balaban J connectivity index is 1.70. The van der Waals surface area contributed by atoms with Crippen LogP contribution >= 0.6 is 0 Å². The van der Waals surface area contributed by atoms with Gasteiger partial charge in [0.15, 0.2) is 5.82 Å². The maximum Gasteiger partial charge on any atom is 0.228 e. The molecule has 0 aliphatic rings. The Bertz CT molecular complexity index is 692. The Morgan fingerprint density at radius 3 is 3.10 bits per heavy atom. The molecule has 0 spiro atoms. The monoisotopic (exact) mass is 285 g/mol. The van der Waals surface area contributed by atoms with Crippen molar-refractivity contribution in [3.05, 3.63) is 48.6 Å². The summed E-state index contributed by atoms with van der Waals surface area (Å²) in [4.78, 5) is 12.7. The van der Waals surface area contributed by atoms with Crippen molar-refractivity contribution in [1.82, 2.24) is 24.7 Å². The van der Waals surface area contributed by atoms with Gasteiger partial charge in [-0.2, -0.15) is 4.98 Å². The molecule has 0 radical (unpaired) electrons. The molecule has 0 aliphatic heterocycles. The minimum absolute atomic E-state index is 0.357. The molecular weight excluding hydrogens is 270 g/mol. The van der Waals surface area contributed by atoms with E-state index in [2.05, 4.69) is 20.1 Å². The van der Waals surface area contributed by atoms with Gasteiger partial charge in [-0.05, 0) is 12.1 Å². The van der Waals surface area contributed by atoms with Gasteiger partial charge in [0.25, 0.3) is 0 Å². The first kappa shape index (κ1) is 13.4. The molecule has 0 fully saturated rings. The average molecular weight is 285 g/mol. The number of methoxy groups -OCH3 is 1. The van der Waals surface area contributed by atoms with Crippen LogP contribution in [0.5, 0.6) is 0 Å². The summed E-state index contributed by atoms with van der Waals surface area (Å²) in [6.45, 7) is 1.06. The second kappa shape index (κ2) is 6.27. The van der Waals surface area contributed by atoms with Gasteiger partial charge in [-0.1, -0.05) is 5.16 Å². The number of imidazole rings is 1. The maximum absolute atomic E-state index is 5.17. The van der Waals surface area contributed by atoms with Gasteiger partial charge in [0.1, 0.15) is 12.4 Å². The number of hydrogen-bond acceptors (Lipinski definition) is 6. The first-order valence-electron chi connectivity index (χ1n) is 6.59. The molecule has 0 atom stereocenters. The average Bonchev–Trinajstić information content (AvgIpc) is 3.15. The van der Waals surface area contributed by atoms with Gasteiger partial charge >= 0.3 is 0 Å². The first-order chi connectivity index (χ1) is 10.4. The zero-order valence-electron chi connectivity index (χ0n) is 11.6. The third-order valence-corrected chi connectivity index (χ3v) is 2.99. The van der Waals surface area contributed by atoms with E-state index in [1.165, 1.54) is 0 Å². The van der Waals surface area contributed by atoms with Crippen LogP contribution in [-0.4, -0.2) is 31.8 Å². The molecular formula is C14H15N5O2. The van der Waals surface area contributed by atoms with Crippen molar-refractivity contribution in [3.8, 4) is 11.4 Å². The highest BCUT2D eigenvalue weighted by molar-refractivity contribution is 5.53. The van der Waals surface area contributed by atoms with E-state index in [0.717, 1.165) is 11.4 Å². The van der Waals surface area contributed by atoms with Crippen molar-refractivity contribution in [2.24, 2.45) is 0 Å². The van der Waals surface area contributed by atoms with E-state index in [0.29, 0.717) is 31.3 Å². The summed E-state index contributed by atoms with van der Waals surface area (Å²) < 4.78 is 12.2. The molecule has 0 amide bonds. The zero-order chi connectivity index (χ0) is 14.5. The van der Waals surface area contributed by atoms with Crippen LogP contribution in [0.3, 0.4) is 0 Å². The lowest BCUT2D eigenvalue weighted by Gasteiger charge is -2.05.